The van der Waals surface area contributed by atoms with Crippen molar-refractivity contribution < 1.29 is 9.53 Å². The Morgan fingerprint density at radius 1 is 0.818 bits per heavy atom. The lowest BCUT2D eigenvalue weighted by molar-refractivity contribution is -0.133. The maximum atomic E-state index is 11.9. The smallest absolute Gasteiger partial charge is 0.315 e. The molecule has 3 fully saturated rings. The van der Waals surface area contributed by atoms with Gasteiger partial charge in [0.2, 0.25) is 0 Å². The summed E-state index contributed by atoms with van der Waals surface area (Å²) in [6, 6.07) is 17.2. The third-order valence-electron chi connectivity index (χ3n) is 8.32. The van der Waals surface area contributed by atoms with Crippen molar-refractivity contribution in [2.75, 3.05) is 0 Å². The minimum atomic E-state index is -0.217. The zero-order chi connectivity index (χ0) is 23.2. The minimum absolute atomic E-state index is 0.217. The second-order valence-electron chi connectivity index (χ2n) is 10.4. The molecule has 2 bridgehead atoms. The second kappa shape index (κ2) is 10.7. The van der Waals surface area contributed by atoms with Crippen LogP contribution in [0.2, 0.25) is 0 Å². The normalized spacial score (nSPS) is 24.3. The van der Waals surface area contributed by atoms with Gasteiger partial charge in [-0.1, -0.05) is 81.7 Å². The predicted octanol–water partition coefficient (Wildman–Crippen LogP) is 8.79. The number of ether oxygens (including phenoxy) is 1. The van der Waals surface area contributed by atoms with E-state index in [0.29, 0.717) is 23.0 Å². The number of fused-ring (bicyclic) bond motifs is 3. The average molecular weight is 445 g/mol. The van der Waals surface area contributed by atoms with Crippen molar-refractivity contribution in [3.05, 3.63) is 66.2 Å². The molecule has 0 saturated heterocycles. The number of allylic oxidation sites excluding steroid dienone is 1. The molecule has 0 spiro atoms. The van der Waals surface area contributed by atoms with Gasteiger partial charge in [-0.2, -0.15) is 0 Å². The van der Waals surface area contributed by atoms with E-state index in [1.165, 1.54) is 69.8 Å². The molecule has 5 rings (SSSR count). The van der Waals surface area contributed by atoms with E-state index in [1.807, 2.05) is 36.4 Å². The van der Waals surface area contributed by atoms with Crippen LogP contribution in [0.25, 0.3) is 11.1 Å². The molecule has 3 saturated carbocycles. The fourth-order valence-corrected chi connectivity index (χ4v) is 6.07. The number of carbonyl (C=O) groups is 1. The van der Waals surface area contributed by atoms with Gasteiger partial charge in [0, 0.05) is 0 Å². The van der Waals surface area contributed by atoms with Crippen LogP contribution in [0.4, 0.5) is 0 Å². The highest BCUT2D eigenvalue weighted by Crippen LogP contribution is 2.59. The third kappa shape index (κ3) is 5.60. The van der Waals surface area contributed by atoms with Gasteiger partial charge in [-0.3, -0.25) is 4.79 Å². The van der Waals surface area contributed by atoms with E-state index < -0.39 is 0 Å². The van der Waals surface area contributed by atoms with Gasteiger partial charge in [0.25, 0.3) is 0 Å². The summed E-state index contributed by atoms with van der Waals surface area (Å²) in [5.41, 5.74) is 4.99. The highest BCUT2D eigenvalue weighted by Gasteiger charge is 2.48. The summed E-state index contributed by atoms with van der Waals surface area (Å²) in [5.74, 6) is 0.390. The fraction of sp³-hybridized carbons (Fsp3) is 0.516. The Balaban J connectivity index is 1.36. The van der Waals surface area contributed by atoms with Crippen LogP contribution < -0.4 is 4.74 Å². The molecular formula is C31H40O2. The molecule has 0 radical (unpaired) electrons. The van der Waals surface area contributed by atoms with Crippen molar-refractivity contribution in [3.8, 4) is 16.9 Å². The third-order valence-corrected chi connectivity index (χ3v) is 8.32. The van der Waals surface area contributed by atoms with Gasteiger partial charge in [-0.25, -0.2) is 0 Å². The van der Waals surface area contributed by atoms with E-state index in [0.717, 1.165) is 12.0 Å². The van der Waals surface area contributed by atoms with E-state index in [2.05, 4.69) is 38.1 Å². The Hall–Kier alpha value is -2.35. The van der Waals surface area contributed by atoms with Crippen LogP contribution in [0.5, 0.6) is 5.75 Å². The number of benzene rings is 2. The van der Waals surface area contributed by atoms with Gasteiger partial charge in [-0.15, -0.1) is 0 Å². The zero-order valence-electron chi connectivity index (χ0n) is 20.6. The highest BCUT2D eigenvalue weighted by atomic mass is 16.5. The molecule has 0 atom stereocenters. The van der Waals surface area contributed by atoms with E-state index in [1.54, 1.807) is 5.56 Å². The van der Waals surface area contributed by atoms with E-state index >= 15 is 0 Å². The number of hydrogen-bond acceptors (Lipinski definition) is 2. The molecule has 2 aromatic rings. The first-order valence-electron chi connectivity index (χ1n) is 13.1. The Kier molecular flexibility index (Phi) is 7.73. The van der Waals surface area contributed by atoms with Crippen LogP contribution in [-0.4, -0.2) is 5.97 Å². The maximum Gasteiger partial charge on any atom is 0.315 e. The quantitative estimate of drug-likeness (QED) is 0.158. The van der Waals surface area contributed by atoms with E-state index in [4.69, 9.17) is 4.74 Å². The summed E-state index contributed by atoms with van der Waals surface area (Å²) in [6.07, 6.45) is 19.1. The Morgan fingerprint density at radius 2 is 1.42 bits per heavy atom. The van der Waals surface area contributed by atoms with Gasteiger partial charge < -0.3 is 4.74 Å². The molecule has 3 aliphatic carbocycles. The molecule has 3 aliphatic rings. The van der Waals surface area contributed by atoms with Crippen molar-refractivity contribution in [3.63, 3.8) is 0 Å². The van der Waals surface area contributed by atoms with Crippen molar-refractivity contribution in [1.82, 2.24) is 0 Å². The Morgan fingerprint density at radius 3 is 2.00 bits per heavy atom. The van der Waals surface area contributed by atoms with Gasteiger partial charge in [0.15, 0.2) is 0 Å². The number of esters is 1. The largest absolute Gasteiger partial charge is 0.426 e. The van der Waals surface area contributed by atoms with Crippen molar-refractivity contribution in [2.45, 2.75) is 96.3 Å². The van der Waals surface area contributed by atoms with Crippen LogP contribution in [0.1, 0.15) is 96.5 Å². The van der Waals surface area contributed by atoms with Gasteiger partial charge in [0.1, 0.15) is 5.75 Å². The summed E-state index contributed by atoms with van der Waals surface area (Å²) in [7, 11) is 0. The van der Waals surface area contributed by atoms with E-state index in [9.17, 15) is 4.79 Å². The van der Waals surface area contributed by atoms with E-state index in [-0.39, 0.29) is 5.97 Å². The fourth-order valence-electron chi connectivity index (χ4n) is 6.07. The average Bonchev–Trinajstić information content (AvgIpc) is 2.86. The molecule has 2 aromatic carbocycles. The lowest BCUT2D eigenvalue weighted by Gasteiger charge is -2.54. The lowest BCUT2D eigenvalue weighted by atomic mass is 9.51. The summed E-state index contributed by atoms with van der Waals surface area (Å²) in [5, 5.41) is 0. The van der Waals surface area contributed by atoms with Gasteiger partial charge in [-0.05, 0) is 91.0 Å². The minimum Gasteiger partial charge on any atom is -0.426 e. The lowest BCUT2D eigenvalue weighted by Crippen LogP contribution is -2.44. The van der Waals surface area contributed by atoms with Crippen molar-refractivity contribution >= 4 is 5.97 Å². The second-order valence-corrected chi connectivity index (χ2v) is 10.4. The van der Waals surface area contributed by atoms with Crippen molar-refractivity contribution in [2.24, 2.45) is 5.41 Å². The van der Waals surface area contributed by atoms with Crippen LogP contribution in [0.15, 0.2) is 60.7 Å². The molecule has 2 nitrogen and oxygen atoms in total. The summed E-state index contributed by atoms with van der Waals surface area (Å²) >= 11 is 0. The summed E-state index contributed by atoms with van der Waals surface area (Å²) in [4.78, 5) is 11.9. The monoisotopic (exact) mass is 444 g/mol. The Bertz CT molecular complexity index is 911. The highest BCUT2D eigenvalue weighted by molar-refractivity contribution is 5.74. The molecule has 176 valence electrons. The molecule has 0 amide bonds. The number of hydrogen-bond donors (Lipinski definition) is 0. The number of carbonyl (C=O) groups excluding carboxylic acids is 1. The summed E-state index contributed by atoms with van der Waals surface area (Å²) < 4.78 is 5.43. The van der Waals surface area contributed by atoms with Crippen LogP contribution in [0.3, 0.4) is 0 Å². The number of rotatable bonds is 10. The first-order valence-corrected chi connectivity index (χ1v) is 13.1. The SMILES string of the molecule is CC/C=C\CC(=O)Oc1ccc(-c2ccc(C34CCC(CCCCC)(CC3)CC4)cc2)cc1. The Labute approximate surface area is 200 Å². The zero-order valence-corrected chi connectivity index (χ0v) is 20.6. The van der Waals surface area contributed by atoms with Gasteiger partial charge >= 0.3 is 5.97 Å². The molecule has 0 unspecified atom stereocenters. The standard InChI is InChI=1S/C31H40O2/c1-3-5-7-9-29(32)33-28-16-12-26(13-17-28)25-10-14-27(15-11-25)31-22-19-30(20-23-31,21-24-31)18-8-6-4-2/h5,7,10-17H,3-4,6,8-9,18-24H2,1-2H3/b7-5-. The molecule has 0 aromatic heterocycles. The predicted molar refractivity (Wildman–Crippen MR) is 138 cm³/mol. The molecular weight excluding hydrogens is 404 g/mol. The van der Waals surface area contributed by atoms with Gasteiger partial charge in [0.05, 0.1) is 6.42 Å². The molecule has 0 N–H and O–H groups in total. The van der Waals surface area contributed by atoms with Crippen LogP contribution in [0, 0.1) is 5.41 Å². The van der Waals surface area contributed by atoms with Crippen molar-refractivity contribution in [1.29, 1.82) is 0 Å². The molecule has 0 aliphatic heterocycles. The number of unbranched alkanes of at least 4 members (excludes halogenated alkanes) is 2. The first-order chi connectivity index (χ1) is 16.1. The molecule has 33 heavy (non-hydrogen) atoms. The first kappa shape index (κ1) is 23.8. The maximum absolute atomic E-state index is 11.9. The molecule has 2 heteroatoms. The van der Waals surface area contributed by atoms with Crippen LogP contribution >= 0.6 is 0 Å². The summed E-state index contributed by atoms with van der Waals surface area (Å²) in [6.45, 7) is 4.36. The topological polar surface area (TPSA) is 26.3 Å². The van der Waals surface area contributed by atoms with Crippen LogP contribution in [-0.2, 0) is 10.2 Å². The molecule has 0 heterocycles.